The maximum Gasteiger partial charge on any atom is 0.324 e. The first-order valence-electron chi connectivity index (χ1n) is 6.86. The number of nitrogens with zero attached hydrogens (tertiary/aromatic N) is 2. The highest BCUT2D eigenvalue weighted by Gasteiger charge is 2.35. The molecule has 1 aliphatic heterocycles. The van der Waals surface area contributed by atoms with Gasteiger partial charge in [0.25, 0.3) is 0 Å². The Bertz CT molecular complexity index is 441. The lowest BCUT2D eigenvalue weighted by Crippen LogP contribution is -2.31. The molecule has 104 valence electrons. The molecule has 0 aliphatic carbocycles. The number of carbonyl (C=O) groups is 1. The van der Waals surface area contributed by atoms with Gasteiger partial charge in [-0.3, -0.25) is 4.90 Å². The average molecular weight is 261 g/mol. The number of nitrogens with two attached hydrogens (primary N) is 1. The van der Waals surface area contributed by atoms with Crippen LogP contribution < -0.4 is 10.6 Å². The van der Waals surface area contributed by atoms with Crippen LogP contribution in [0.1, 0.15) is 25.8 Å². The van der Waals surface area contributed by atoms with Crippen LogP contribution in [0.5, 0.6) is 0 Å². The van der Waals surface area contributed by atoms with Gasteiger partial charge in [0, 0.05) is 25.8 Å². The molecule has 19 heavy (non-hydrogen) atoms. The highest BCUT2D eigenvalue weighted by molar-refractivity contribution is 5.94. The van der Waals surface area contributed by atoms with E-state index < -0.39 is 0 Å². The monoisotopic (exact) mass is 261 g/mol. The maximum atomic E-state index is 12.3. The Balaban J connectivity index is 2.14. The second-order valence-electron chi connectivity index (χ2n) is 5.66. The molecule has 0 radical (unpaired) electrons. The van der Waals surface area contributed by atoms with Crippen molar-refractivity contribution in [3.8, 4) is 0 Å². The Kier molecular flexibility index (Phi) is 4.10. The van der Waals surface area contributed by atoms with E-state index in [4.69, 9.17) is 5.73 Å². The smallest absolute Gasteiger partial charge is 0.324 e. The van der Waals surface area contributed by atoms with Crippen LogP contribution >= 0.6 is 0 Å². The second kappa shape index (κ2) is 5.61. The number of benzene rings is 1. The molecule has 0 spiro atoms. The van der Waals surface area contributed by atoms with Crippen molar-refractivity contribution in [2.24, 2.45) is 11.7 Å². The fourth-order valence-electron chi connectivity index (χ4n) is 2.56. The minimum absolute atomic E-state index is 0.0890. The highest BCUT2D eigenvalue weighted by atomic mass is 16.2. The number of urea groups is 1. The van der Waals surface area contributed by atoms with Crippen LogP contribution in [0, 0.1) is 5.92 Å². The number of amides is 2. The molecule has 2 rings (SSSR count). The summed E-state index contributed by atoms with van der Waals surface area (Å²) in [4.78, 5) is 16.0. The minimum Gasteiger partial charge on any atom is -0.326 e. The van der Waals surface area contributed by atoms with Crippen molar-refractivity contribution in [1.82, 2.24) is 4.90 Å². The molecular formula is C15H23N3O. The molecule has 1 heterocycles. The van der Waals surface area contributed by atoms with Gasteiger partial charge in [0.2, 0.25) is 0 Å². The third-order valence-electron chi connectivity index (χ3n) is 3.70. The summed E-state index contributed by atoms with van der Waals surface area (Å²) in [5.74, 6) is 0.597. The van der Waals surface area contributed by atoms with E-state index in [0.717, 1.165) is 24.2 Å². The zero-order valence-electron chi connectivity index (χ0n) is 12.0. The minimum atomic E-state index is 0.0890. The van der Waals surface area contributed by atoms with Crippen molar-refractivity contribution in [3.63, 3.8) is 0 Å². The SMILES string of the molecule is CC(C)CC1CN(c2ccc(CN)cc2)C(=O)N1C. The van der Waals surface area contributed by atoms with Gasteiger partial charge in [-0.15, -0.1) is 0 Å². The van der Waals surface area contributed by atoms with E-state index in [1.807, 2.05) is 41.1 Å². The zero-order valence-corrected chi connectivity index (χ0v) is 12.0. The lowest BCUT2D eigenvalue weighted by Gasteiger charge is -2.19. The number of hydrogen-bond donors (Lipinski definition) is 1. The van der Waals surface area contributed by atoms with E-state index >= 15 is 0 Å². The average Bonchev–Trinajstić information content (AvgIpc) is 2.67. The topological polar surface area (TPSA) is 49.6 Å². The Hall–Kier alpha value is -1.55. The van der Waals surface area contributed by atoms with E-state index in [0.29, 0.717) is 18.5 Å². The van der Waals surface area contributed by atoms with E-state index in [9.17, 15) is 4.79 Å². The molecule has 1 saturated heterocycles. The predicted octanol–water partition coefficient (Wildman–Crippen LogP) is 2.43. The second-order valence-corrected chi connectivity index (χ2v) is 5.66. The summed E-state index contributed by atoms with van der Waals surface area (Å²) in [6.45, 7) is 5.69. The fourth-order valence-corrected chi connectivity index (χ4v) is 2.56. The van der Waals surface area contributed by atoms with Crippen LogP contribution in [0.25, 0.3) is 0 Å². The first-order chi connectivity index (χ1) is 9.02. The van der Waals surface area contributed by atoms with Gasteiger partial charge < -0.3 is 10.6 Å². The Morgan fingerprint density at radius 2 is 1.95 bits per heavy atom. The number of carbonyl (C=O) groups excluding carboxylic acids is 1. The maximum absolute atomic E-state index is 12.3. The van der Waals surface area contributed by atoms with E-state index in [1.165, 1.54) is 0 Å². The van der Waals surface area contributed by atoms with Crippen LogP contribution in [-0.2, 0) is 6.54 Å². The van der Waals surface area contributed by atoms with Crippen molar-refractivity contribution < 1.29 is 4.79 Å². The molecule has 1 aliphatic rings. The lowest BCUT2D eigenvalue weighted by atomic mass is 10.0. The number of likely N-dealkylation sites (N-methyl/N-ethyl adjacent to an activating group) is 1. The molecule has 2 amide bonds. The Morgan fingerprint density at radius 1 is 1.32 bits per heavy atom. The van der Waals surface area contributed by atoms with Crippen LogP contribution in [0.4, 0.5) is 10.5 Å². The summed E-state index contributed by atoms with van der Waals surface area (Å²) in [6, 6.07) is 8.32. The third-order valence-corrected chi connectivity index (χ3v) is 3.70. The fraction of sp³-hybridized carbons (Fsp3) is 0.533. The van der Waals surface area contributed by atoms with Gasteiger partial charge in [-0.25, -0.2) is 4.79 Å². The molecule has 1 aromatic rings. The van der Waals surface area contributed by atoms with Gasteiger partial charge in [-0.2, -0.15) is 0 Å². The highest BCUT2D eigenvalue weighted by Crippen LogP contribution is 2.26. The van der Waals surface area contributed by atoms with Gasteiger partial charge in [-0.1, -0.05) is 26.0 Å². The molecule has 1 unspecified atom stereocenters. The van der Waals surface area contributed by atoms with Crippen molar-refractivity contribution in [2.45, 2.75) is 32.9 Å². The standard InChI is InChI=1S/C15H23N3O/c1-11(2)8-14-10-18(15(19)17(14)3)13-6-4-12(9-16)5-7-13/h4-7,11,14H,8-10,16H2,1-3H3. The third kappa shape index (κ3) is 2.89. The molecule has 4 heteroatoms. The quantitative estimate of drug-likeness (QED) is 0.905. The van der Waals surface area contributed by atoms with Gasteiger partial charge >= 0.3 is 6.03 Å². The predicted molar refractivity (Wildman–Crippen MR) is 78.1 cm³/mol. The summed E-state index contributed by atoms with van der Waals surface area (Å²) >= 11 is 0. The summed E-state index contributed by atoms with van der Waals surface area (Å²) in [6.07, 6.45) is 1.04. The van der Waals surface area contributed by atoms with Crippen LogP contribution in [-0.4, -0.2) is 30.6 Å². The van der Waals surface area contributed by atoms with Gasteiger partial charge in [0.05, 0.1) is 6.04 Å². The molecule has 1 fully saturated rings. The van der Waals surface area contributed by atoms with Crippen LogP contribution in [0.15, 0.2) is 24.3 Å². The first kappa shape index (κ1) is 13.9. The largest absolute Gasteiger partial charge is 0.326 e. The zero-order chi connectivity index (χ0) is 14.0. The molecule has 0 saturated carbocycles. The van der Waals surface area contributed by atoms with Crippen molar-refractivity contribution in [2.75, 3.05) is 18.5 Å². The van der Waals surface area contributed by atoms with E-state index in [1.54, 1.807) is 0 Å². The Labute approximate surface area is 115 Å². The Morgan fingerprint density at radius 3 is 2.47 bits per heavy atom. The van der Waals surface area contributed by atoms with Crippen molar-refractivity contribution in [1.29, 1.82) is 0 Å². The number of rotatable bonds is 4. The number of hydrogen-bond acceptors (Lipinski definition) is 2. The summed E-state index contributed by atoms with van der Waals surface area (Å²) < 4.78 is 0. The van der Waals surface area contributed by atoms with Gasteiger partial charge in [-0.05, 0) is 30.0 Å². The molecule has 1 atom stereocenters. The van der Waals surface area contributed by atoms with E-state index in [-0.39, 0.29) is 6.03 Å². The number of anilines is 1. The normalized spacial score (nSPS) is 19.6. The molecule has 0 aromatic heterocycles. The first-order valence-corrected chi connectivity index (χ1v) is 6.86. The molecule has 4 nitrogen and oxygen atoms in total. The van der Waals surface area contributed by atoms with Crippen LogP contribution in [0.3, 0.4) is 0 Å². The van der Waals surface area contributed by atoms with Gasteiger partial charge in [0.1, 0.15) is 0 Å². The van der Waals surface area contributed by atoms with Gasteiger partial charge in [0.15, 0.2) is 0 Å². The summed E-state index contributed by atoms with van der Waals surface area (Å²) in [5.41, 5.74) is 7.64. The van der Waals surface area contributed by atoms with Crippen molar-refractivity contribution in [3.05, 3.63) is 29.8 Å². The lowest BCUT2D eigenvalue weighted by molar-refractivity contribution is 0.213. The molecule has 1 aromatic carbocycles. The summed E-state index contributed by atoms with van der Waals surface area (Å²) in [5, 5.41) is 0. The molecule has 2 N–H and O–H groups in total. The molecular weight excluding hydrogens is 238 g/mol. The molecule has 0 bridgehead atoms. The van der Waals surface area contributed by atoms with Crippen molar-refractivity contribution >= 4 is 11.7 Å². The van der Waals surface area contributed by atoms with E-state index in [2.05, 4.69) is 13.8 Å². The summed E-state index contributed by atoms with van der Waals surface area (Å²) in [7, 11) is 1.89. The van der Waals surface area contributed by atoms with Crippen LogP contribution in [0.2, 0.25) is 0 Å².